The molecule has 1 aromatic carbocycles. The number of urea groups is 1. The van der Waals surface area contributed by atoms with Crippen LogP contribution in [-0.4, -0.2) is 53.5 Å². The fraction of sp³-hybridized carbons (Fsp3) is 0.565. The molecule has 1 unspecified atom stereocenters. The lowest BCUT2D eigenvalue weighted by molar-refractivity contribution is -0.133. The van der Waals surface area contributed by atoms with Crippen LogP contribution in [0.4, 0.5) is 4.79 Å². The fourth-order valence-corrected chi connectivity index (χ4v) is 4.66. The standard InChI is InChI=1S/C23H33N3O2/c1-4-23(21(27)26(17-18(2)3)22(28)24-23)20-12-15-25(16-13-20)14-8-11-19-9-6-5-7-10-19/h5-7,9-10,20H,2,4,8,11-17H2,1,3H3,(H,24,28). The van der Waals surface area contributed by atoms with Gasteiger partial charge < -0.3 is 10.2 Å². The molecule has 3 rings (SSSR count). The molecule has 2 saturated heterocycles. The maximum Gasteiger partial charge on any atom is 0.325 e. The SMILES string of the molecule is C=C(C)CN1C(=O)NC(CC)(C2CCN(CCCc3ccccc3)CC2)C1=O. The molecule has 0 aromatic heterocycles. The van der Waals surface area contributed by atoms with E-state index in [0.29, 0.717) is 13.0 Å². The van der Waals surface area contributed by atoms with Crippen LogP contribution in [0.1, 0.15) is 45.1 Å². The molecule has 2 aliphatic rings. The highest BCUT2D eigenvalue weighted by Gasteiger charge is 2.54. The summed E-state index contributed by atoms with van der Waals surface area (Å²) in [4.78, 5) is 29.4. The van der Waals surface area contributed by atoms with E-state index >= 15 is 0 Å². The maximum atomic E-state index is 13.1. The first-order valence-corrected chi connectivity index (χ1v) is 10.5. The summed E-state index contributed by atoms with van der Waals surface area (Å²) in [5.41, 5.74) is 1.48. The minimum atomic E-state index is -0.733. The molecule has 5 nitrogen and oxygen atoms in total. The third-order valence-electron chi connectivity index (χ3n) is 6.25. The molecule has 0 spiro atoms. The average Bonchev–Trinajstić information content (AvgIpc) is 2.94. The van der Waals surface area contributed by atoms with Gasteiger partial charge in [0.2, 0.25) is 0 Å². The second-order valence-corrected chi connectivity index (χ2v) is 8.31. The van der Waals surface area contributed by atoms with Gasteiger partial charge in [0, 0.05) is 0 Å². The van der Waals surface area contributed by atoms with Crippen molar-refractivity contribution in [1.29, 1.82) is 0 Å². The Kier molecular flexibility index (Phi) is 6.55. The van der Waals surface area contributed by atoms with Crippen molar-refractivity contribution in [3.8, 4) is 0 Å². The van der Waals surface area contributed by atoms with Gasteiger partial charge >= 0.3 is 6.03 Å². The molecule has 0 bridgehead atoms. The number of hydrogen-bond donors (Lipinski definition) is 1. The van der Waals surface area contributed by atoms with E-state index in [1.807, 2.05) is 13.8 Å². The first-order chi connectivity index (χ1) is 13.5. The summed E-state index contributed by atoms with van der Waals surface area (Å²) in [5, 5.41) is 3.05. The molecule has 1 atom stereocenters. The molecule has 1 aromatic rings. The quantitative estimate of drug-likeness (QED) is 0.551. The Bertz CT molecular complexity index is 710. The van der Waals surface area contributed by atoms with Crippen molar-refractivity contribution in [1.82, 2.24) is 15.1 Å². The van der Waals surface area contributed by atoms with Crippen LogP contribution in [0.5, 0.6) is 0 Å². The molecule has 3 amide bonds. The summed E-state index contributed by atoms with van der Waals surface area (Å²) in [6.45, 7) is 11.1. The number of likely N-dealkylation sites (tertiary alicyclic amines) is 1. The first kappa shape index (κ1) is 20.6. The molecule has 2 fully saturated rings. The minimum Gasteiger partial charge on any atom is -0.323 e. The molecule has 0 radical (unpaired) electrons. The number of nitrogens with zero attached hydrogens (tertiary/aromatic N) is 2. The lowest BCUT2D eigenvalue weighted by Crippen LogP contribution is -2.55. The predicted molar refractivity (Wildman–Crippen MR) is 112 cm³/mol. The van der Waals surface area contributed by atoms with Crippen molar-refractivity contribution in [3.63, 3.8) is 0 Å². The smallest absolute Gasteiger partial charge is 0.323 e. The van der Waals surface area contributed by atoms with Crippen molar-refractivity contribution in [2.24, 2.45) is 5.92 Å². The molecule has 28 heavy (non-hydrogen) atoms. The van der Waals surface area contributed by atoms with Crippen LogP contribution in [0.2, 0.25) is 0 Å². The van der Waals surface area contributed by atoms with Gasteiger partial charge in [0.1, 0.15) is 5.54 Å². The van der Waals surface area contributed by atoms with Crippen LogP contribution < -0.4 is 5.32 Å². The predicted octanol–water partition coefficient (Wildman–Crippen LogP) is 3.61. The number of hydrogen-bond acceptors (Lipinski definition) is 3. The van der Waals surface area contributed by atoms with E-state index in [0.717, 1.165) is 50.9 Å². The van der Waals surface area contributed by atoms with Gasteiger partial charge in [0.25, 0.3) is 5.91 Å². The Morgan fingerprint density at radius 3 is 2.50 bits per heavy atom. The Morgan fingerprint density at radius 1 is 1.21 bits per heavy atom. The first-order valence-electron chi connectivity index (χ1n) is 10.5. The van der Waals surface area contributed by atoms with Crippen LogP contribution in [0, 0.1) is 5.92 Å². The summed E-state index contributed by atoms with van der Waals surface area (Å²) in [5.74, 6) is 0.139. The molecular formula is C23H33N3O2. The Labute approximate surface area is 168 Å². The van der Waals surface area contributed by atoms with E-state index in [9.17, 15) is 9.59 Å². The van der Waals surface area contributed by atoms with E-state index in [-0.39, 0.29) is 17.9 Å². The summed E-state index contributed by atoms with van der Waals surface area (Å²) < 4.78 is 0. The summed E-state index contributed by atoms with van der Waals surface area (Å²) in [7, 11) is 0. The van der Waals surface area contributed by atoms with Crippen LogP contribution in [0.25, 0.3) is 0 Å². The van der Waals surface area contributed by atoms with Gasteiger partial charge in [-0.2, -0.15) is 0 Å². The van der Waals surface area contributed by atoms with Gasteiger partial charge in [-0.3, -0.25) is 9.69 Å². The van der Waals surface area contributed by atoms with E-state index in [1.54, 1.807) is 0 Å². The Morgan fingerprint density at radius 2 is 1.89 bits per heavy atom. The van der Waals surface area contributed by atoms with Crippen LogP contribution in [0.3, 0.4) is 0 Å². The van der Waals surface area contributed by atoms with Gasteiger partial charge in [-0.05, 0) is 70.1 Å². The van der Waals surface area contributed by atoms with Crippen molar-refractivity contribution in [3.05, 3.63) is 48.0 Å². The lowest BCUT2D eigenvalue weighted by atomic mass is 9.75. The number of carbonyl (C=O) groups is 2. The Hall–Kier alpha value is -2.14. The third-order valence-corrected chi connectivity index (χ3v) is 6.25. The van der Waals surface area contributed by atoms with Crippen molar-refractivity contribution in [2.45, 2.75) is 51.5 Å². The second-order valence-electron chi connectivity index (χ2n) is 8.31. The minimum absolute atomic E-state index is 0.0643. The zero-order chi connectivity index (χ0) is 20.1. The zero-order valence-corrected chi connectivity index (χ0v) is 17.2. The molecular weight excluding hydrogens is 350 g/mol. The lowest BCUT2D eigenvalue weighted by Gasteiger charge is -2.40. The Balaban J connectivity index is 1.53. The maximum absolute atomic E-state index is 13.1. The van der Waals surface area contributed by atoms with Gasteiger partial charge in [-0.1, -0.05) is 49.4 Å². The van der Waals surface area contributed by atoms with Gasteiger partial charge in [0.05, 0.1) is 6.54 Å². The normalized spacial score (nSPS) is 23.9. The number of benzene rings is 1. The largest absolute Gasteiger partial charge is 0.325 e. The van der Waals surface area contributed by atoms with E-state index < -0.39 is 5.54 Å². The van der Waals surface area contributed by atoms with Crippen molar-refractivity contribution < 1.29 is 9.59 Å². The summed E-state index contributed by atoms with van der Waals surface area (Å²) in [6, 6.07) is 10.3. The molecule has 5 heteroatoms. The number of aryl methyl sites for hydroxylation is 1. The molecule has 2 aliphatic heterocycles. The topological polar surface area (TPSA) is 52.7 Å². The molecule has 152 valence electrons. The number of piperidine rings is 1. The number of amides is 3. The van der Waals surface area contributed by atoms with Crippen molar-refractivity contribution >= 4 is 11.9 Å². The van der Waals surface area contributed by atoms with Gasteiger partial charge in [-0.25, -0.2) is 4.79 Å². The van der Waals surface area contributed by atoms with Gasteiger partial charge in [-0.15, -0.1) is 0 Å². The van der Waals surface area contributed by atoms with E-state index in [4.69, 9.17) is 0 Å². The summed E-state index contributed by atoms with van der Waals surface area (Å²) in [6.07, 6.45) is 4.79. The van der Waals surface area contributed by atoms with Crippen LogP contribution >= 0.6 is 0 Å². The van der Waals surface area contributed by atoms with Crippen LogP contribution in [0.15, 0.2) is 42.5 Å². The average molecular weight is 384 g/mol. The van der Waals surface area contributed by atoms with Crippen molar-refractivity contribution in [2.75, 3.05) is 26.2 Å². The zero-order valence-electron chi connectivity index (χ0n) is 17.2. The highest BCUT2D eigenvalue weighted by Crippen LogP contribution is 2.36. The number of imide groups is 1. The van der Waals surface area contributed by atoms with E-state index in [1.165, 1.54) is 10.5 Å². The third kappa shape index (κ3) is 4.30. The number of rotatable bonds is 8. The highest BCUT2D eigenvalue weighted by atomic mass is 16.2. The summed E-state index contributed by atoms with van der Waals surface area (Å²) >= 11 is 0. The van der Waals surface area contributed by atoms with Crippen LogP contribution in [-0.2, 0) is 11.2 Å². The molecule has 1 N–H and O–H groups in total. The second kappa shape index (κ2) is 8.91. The number of carbonyl (C=O) groups excluding carboxylic acids is 2. The van der Waals surface area contributed by atoms with Gasteiger partial charge in [0.15, 0.2) is 0 Å². The monoisotopic (exact) mass is 383 g/mol. The molecule has 0 saturated carbocycles. The van der Waals surface area contributed by atoms with E-state index in [2.05, 4.69) is 47.1 Å². The number of nitrogens with one attached hydrogen (secondary N) is 1. The molecule has 0 aliphatic carbocycles. The molecule has 2 heterocycles. The fourth-order valence-electron chi connectivity index (χ4n) is 4.66. The highest BCUT2D eigenvalue weighted by molar-refractivity contribution is 6.07.